The van der Waals surface area contributed by atoms with Gasteiger partial charge in [-0.3, -0.25) is 4.79 Å². The fourth-order valence-electron chi connectivity index (χ4n) is 2.53. The summed E-state index contributed by atoms with van der Waals surface area (Å²) in [7, 11) is 0. The minimum absolute atomic E-state index is 0.0927. The van der Waals surface area contributed by atoms with Gasteiger partial charge in [-0.15, -0.1) is 0 Å². The maximum absolute atomic E-state index is 12.0. The molecule has 6 nitrogen and oxygen atoms in total. The molecule has 0 unspecified atom stereocenters. The number of aliphatic hydroxyl groups is 1. The standard InChI is InChI=1S/C14H22N2O4/c1-2-20-13(18)12(16-15)11(17)10-14(19)8-6-4-3-5-7-9-14/h19H,2-10H2,1H3. The fourth-order valence-corrected chi connectivity index (χ4v) is 2.53. The Morgan fingerprint density at radius 2 is 1.75 bits per heavy atom. The molecule has 0 aromatic heterocycles. The summed E-state index contributed by atoms with van der Waals surface area (Å²) >= 11 is 0. The monoisotopic (exact) mass is 282 g/mol. The van der Waals surface area contributed by atoms with E-state index >= 15 is 0 Å². The number of carbonyl (C=O) groups excluding carboxylic acids is 2. The Morgan fingerprint density at radius 1 is 1.20 bits per heavy atom. The Kier molecular flexibility index (Phi) is 6.55. The molecule has 1 fully saturated rings. The van der Waals surface area contributed by atoms with Crippen molar-refractivity contribution in [2.24, 2.45) is 0 Å². The fraction of sp³-hybridized carbons (Fsp3) is 0.786. The second-order valence-electron chi connectivity index (χ2n) is 5.26. The van der Waals surface area contributed by atoms with Gasteiger partial charge in [0.05, 0.1) is 12.2 Å². The number of rotatable bonds is 5. The van der Waals surface area contributed by atoms with Gasteiger partial charge in [-0.05, 0) is 19.8 Å². The molecule has 1 N–H and O–H groups in total. The number of hydrogen-bond donors (Lipinski definition) is 1. The molecule has 0 bridgehead atoms. The molecule has 0 aromatic rings. The average Bonchev–Trinajstić information content (AvgIpc) is 2.36. The van der Waals surface area contributed by atoms with Crippen molar-refractivity contribution in [2.45, 2.75) is 63.9 Å². The summed E-state index contributed by atoms with van der Waals surface area (Å²) in [6.45, 7) is 1.69. The van der Waals surface area contributed by atoms with Crippen LogP contribution in [0.15, 0.2) is 0 Å². The van der Waals surface area contributed by atoms with Gasteiger partial charge < -0.3 is 15.4 Å². The average molecular weight is 282 g/mol. The van der Waals surface area contributed by atoms with Crippen molar-refractivity contribution in [2.75, 3.05) is 6.61 Å². The van der Waals surface area contributed by atoms with Gasteiger partial charge in [-0.1, -0.05) is 32.1 Å². The summed E-state index contributed by atoms with van der Waals surface area (Å²) in [5, 5.41) is 10.5. The first-order chi connectivity index (χ1) is 9.52. The summed E-state index contributed by atoms with van der Waals surface area (Å²) in [5.74, 6) is -1.62. The van der Waals surface area contributed by atoms with Crippen LogP contribution in [0.4, 0.5) is 0 Å². The third-order valence-corrected chi connectivity index (χ3v) is 3.61. The van der Waals surface area contributed by atoms with E-state index in [1.807, 2.05) is 0 Å². The zero-order chi connectivity index (χ0) is 15.0. The lowest BCUT2D eigenvalue weighted by molar-refractivity contribution is -0.142. The zero-order valence-electron chi connectivity index (χ0n) is 11.9. The molecule has 0 aromatic carbocycles. The molecule has 0 heterocycles. The second-order valence-corrected chi connectivity index (χ2v) is 5.26. The Balaban J connectivity index is 2.71. The van der Waals surface area contributed by atoms with Crippen LogP contribution in [0.25, 0.3) is 5.53 Å². The van der Waals surface area contributed by atoms with E-state index < -0.39 is 23.1 Å². The van der Waals surface area contributed by atoms with Crippen LogP contribution in [0.5, 0.6) is 0 Å². The minimum atomic E-state index is -1.11. The highest BCUT2D eigenvalue weighted by atomic mass is 16.5. The van der Waals surface area contributed by atoms with Gasteiger partial charge in [-0.25, -0.2) is 4.79 Å². The summed E-state index contributed by atoms with van der Waals surface area (Å²) in [5.41, 5.74) is 7.04. The summed E-state index contributed by atoms with van der Waals surface area (Å²) < 4.78 is 4.65. The molecule has 112 valence electrons. The third-order valence-electron chi connectivity index (χ3n) is 3.61. The van der Waals surface area contributed by atoms with Crippen molar-refractivity contribution in [1.82, 2.24) is 0 Å². The van der Waals surface area contributed by atoms with Crippen LogP contribution in [0.3, 0.4) is 0 Å². The highest BCUT2D eigenvalue weighted by Gasteiger charge is 2.38. The van der Waals surface area contributed by atoms with Gasteiger partial charge in [-0.2, -0.15) is 4.79 Å². The Bertz CT molecular complexity index is 405. The Labute approximate surface area is 118 Å². The summed E-state index contributed by atoms with van der Waals surface area (Å²) in [6.07, 6.45) is 5.79. The molecular weight excluding hydrogens is 260 g/mol. The predicted octanol–water partition coefficient (Wildman–Crippen LogP) is 1.65. The van der Waals surface area contributed by atoms with E-state index in [-0.39, 0.29) is 13.0 Å². The molecule has 0 amide bonds. The number of Topliss-reactive ketones (excluding diaryl/α,β-unsaturated/α-hetero) is 1. The van der Waals surface area contributed by atoms with Gasteiger partial charge in [0.25, 0.3) is 5.78 Å². The SMILES string of the molecule is CCOC(=O)C(=[N+]=[N-])C(=O)CC1(O)CCCCCCC1. The number of esters is 1. The maximum atomic E-state index is 12.0. The zero-order valence-corrected chi connectivity index (χ0v) is 11.9. The summed E-state index contributed by atoms with van der Waals surface area (Å²) in [4.78, 5) is 26.2. The van der Waals surface area contributed by atoms with E-state index in [4.69, 9.17) is 5.53 Å². The molecular formula is C14H22N2O4. The van der Waals surface area contributed by atoms with E-state index in [0.717, 1.165) is 32.1 Å². The lowest BCUT2D eigenvalue weighted by Gasteiger charge is -2.28. The van der Waals surface area contributed by atoms with Crippen LogP contribution in [0.1, 0.15) is 58.3 Å². The molecule has 1 saturated carbocycles. The van der Waals surface area contributed by atoms with Crippen LogP contribution in [-0.2, 0) is 14.3 Å². The molecule has 1 aliphatic carbocycles. The molecule has 6 heteroatoms. The molecule has 0 saturated heterocycles. The summed E-state index contributed by atoms with van der Waals surface area (Å²) in [6, 6.07) is 0. The van der Waals surface area contributed by atoms with Crippen LogP contribution >= 0.6 is 0 Å². The molecule has 20 heavy (non-hydrogen) atoms. The van der Waals surface area contributed by atoms with Gasteiger partial charge in [0.1, 0.15) is 0 Å². The van der Waals surface area contributed by atoms with Gasteiger partial charge in [0.2, 0.25) is 0 Å². The lowest BCUT2D eigenvalue weighted by atomic mass is 9.83. The van der Waals surface area contributed by atoms with E-state index in [1.54, 1.807) is 6.92 Å². The van der Waals surface area contributed by atoms with E-state index in [9.17, 15) is 14.7 Å². The normalized spacial score (nSPS) is 18.3. The smallest absolute Gasteiger partial charge is 0.441 e. The second kappa shape index (κ2) is 7.92. The first-order valence-electron chi connectivity index (χ1n) is 7.17. The van der Waals surface area contributed by atoms with Crippen molar-refractivity contribution in [1.29, 1.82) is 0 Å². The molecule has 1 aliphatic rings. The van der Waals surface area contributed by atoms with Crippen LogP contribution < -0.4 is 0 Å². The Morgan fingerprint density at radius 3 is 2.25 bits per heavy atom. The van der Waals surface area contributed by atoms with Crippen molar-refractivity contribution in [3.05, 3.63) is 5.53 Å². The van der Waals surface area contributed by atoms with Crippen LogP contribution in [0, 0.1) is 0 Å². The molecule has 0 atom stereocenters. The number of ketones is 1. The number of carbonyl (C=O) groups is 2. The topological polar surface area (TPSA) is 100 Å². The van der Waals surface area contributed by atoms with Crippen molar-refractivity contribution in [3.8, 4) is 0 Å². The van der Waals surface area contributed by atoms with Crippen LogP contribution in [-0.4, -0.2) is 39.6 Å². The van der Waals surface area contributed by atoms with E-state index in [1.165, 1.54) is 0 Å². The first kappa shape index (κ1) is 16.5. The largest absolute Gasteiger partial charge is 0.457 e. The van der Waals surface area contributed by atoms with Crippen molar-refractivity contribution >= 4 is 17.5 Å². The molecule has 0 spiro atoms. The van der Waals surface area contributed by atoms with Crippen molar-refractivity contribution < 1.29 is 24.2 Å². The van der Waals surface area contributed by atoms with E-state index in [2.05, 4.69) is 9.53 Å². The highest BCUT2D eigenvalue weighted by molar-refractivity contribution is 6.62. The number of ether oxygens (including phenoxy) is 1. The molecule has 1 rings (SSSR count). The maximum Gasteiger partial charge on any atom is 0.441 e. The van der Waals surface area contributed by atoms with Gasteiger partial charge >= 0.3 is 11.7 Å². The quantitative estimate of drug-likeness (QED) is 0.272. The molecule has 0 aliphatic heterocycles. The van der Waals surface area contributed by atoms with E-state index in [0.29, 0.717) is 12.8 Å². The minimum Gasteiger partial charge on any atom is -0.457 e. The van der Waals surface area contributed by atoms with Crippen molar-refractivity contribution in [3.63, 3.8) is 0 Å². The number of hydrogen-bond acceptors (Lipinski definition) is 4. The van der Waals surface area contributed by atoms with Gasteiger partial charge in [0, 0.05) is 6.42 Å². The lowest BCUT2D eigenvalue weighted by Crippen LogP contribution is -2.37. The van der Waals surface area contributed by atoms with Gasteiger partial charge in [0.15, 0.2) is 0 Å². The number of nitrogens with zero attached hydrogens (tertiary/aromatic N) is 2. The first-order valence-corrected chi connectivity index (χ1v) is 7.17. The molecule has 0 radical (unpaired) electrons. The highest BCUT2D eigenvalue weighted by Crippen LogP contribution is 2.29. The Hall–Kier alpha value is -1.52. The van der Waals surface area contributed by atoms with Crippen LogP contribution in [0.2, 0.25) is 0 Å². The third kappa shape index (κ3) is 4.87. The predicted molar refractivity (Wildman–Crippen MR) is 72.2 cm³/mol.